The van der Waals surface area contributed by atoms with Crippen LogP contribution in [-0.4, -0.2) is 29.9 Å². The molecule has 0 fully saturated rings. The smallest absolute Gasteiger partial charge is 0.0796 e. The Morgan fingerprint density at radius 1 is 0.368 bits per heavy atom. The first-order valence-electron chi connectivity index (χ1n) is 12.4. The monoisotopic (exact) mass is 496 g/mol. The average molecular weight is 497 g/mol. The van der Waals surface area contributed by atoms with Crippen molar-refractivity contribution in [1.82, 2.24) is 29.9 Å². The van der Waals surface area contributed by atoms with E-state index in [1.165, 1.54) is 0 Å². The zero-order chi connectivity index (χ0) is 26.4. The Morgan fingerprint density at radius 3 is 1.00 bits per heavy atom. The van der Waals surface area contributed by atoms with Crippen LogP contribution in [0, 0.1) is 0 Å². The first kappa shape index (κ1) is 26.0. The molecular weight excluding hydrogens is 468 g/mol. The van der Waals surface area contributed by atoms with Crippen molar-refractivity contribution in [3.63, 3.8) is 0 Å². The minimum absolute atomic E-state index is 0.929. The van der Waals surface area contributed by atoms with Crippen molar-refractivity contribution < 1.29 is 0 Å². The first-order chi connectivity index (χ1) is 18.9. The van der Waals surface area contributed by atoms with Gasteiger partial charge in [0.05, 0.1) is 11.4 Å². The van der Waals surface area contributed by atoms with Crippen LogP contribution in [0.25, 0.3) is 44.8 Å². The SMILES string of the molecule is CC.c1cncc(-c2cccnc2-c2cccnc2)c1.c1cncc(-c2cccnc2-c2cccnc2)c1. The number of rotatable bonds is 4. The highest BCUT2D eigenvalue weighted by molar-refractivity contribution is 5.80. The number of hydrogen-bond donors (Lipinski definition) is 0. The van der Waals surface area contributed by atoms with Crippen LogP contribution in [0.1, 0.15) is 13.8 Å². The van der Waals surface area contributed by atoms with Gasteiger partial charge in [-0.1, -0.05) is 38.1 Å². The Balaban J connectivity index is 0.000000166. The first-order valence-corrected chi connectivity index (χ1v) is 12.4. The van der Waals surface area contributed by atoms with E-state index in [9.17, 15) is 0 Å². The lowest BCUT2D eigenvalue weighted by atomic mass is 10.0. The van der Waals surface area contributed by atoms with Gasteiger partial charge in [0.1, 0.15) is 0 Å². The lowest BCUT2D eigenvalue weighted by molar-refractivity contribution is 1.27. The molecule has 0 saturated carbocycles. The van der Waals surface area contributed by atoms with E-state index in [4.69, 9.17) is 0 Å². The van der Waals surface area contributed by atoms with Crippen LogP contribution in [0.2, 0.25) is 0 Å². The number of nitrogens with zero attached hydrogens (tertiary/aromatic N) is 6. The second-order valence-corrected chi connectivity index (χ2v) is 7.77. The molecule has 0 atom stereocenters. The molecule has 0 unspecified atom stereocenters. The molecule has 6 heteroatoms. The molecule has 6 rings (SSSR count). The molecule has 38 heavy (non-hydrogen) atoms. The molecule has 0 N–H and O–H groups in total. The fourth-order valence-corrected chi connectivity index (χ4v) is 3.79. The van der Waals surface area contributed by atoms with Crippen LogP contribution in [0.3, 0.4) is 0 Å². The van der Waals surface area contributed by atoms with Crippen LogP contribution in [-0.2, 0) is 0 Å². The number of aromatic nitrogens is 6. The Kier molecular flexibility index (Phi) is 9.47. The Morgan fingerprint density at radius 2 is 0.684 bits per heavy atom. The summed E-state index contributed by atoms with van der Waals surface area (Å²) in [5, 5.41) is 0. The van der Waals surface area contributed by atoms with Gasteiger partial charge >= 0.3 is 0 Å². The van der Waals surface area contributed by atoms with E-state index in [-0.39, 0.29) is 0 Å². The van der Waals surface area contributed by atoms with Gasteiger partial charge in [-0.15, -0.1) is 0 Å². The summed E-state index contributed by atoms with van der Waals surface area (Å²) in [6.45, 7) is 4.00. The summed E-state index contributed by atoms with van der Waals surface area (Å²) in [5.74, 6) is 0. The minimum Gasteiger partial charge on any atom is -0.264 e. The summed E-state index contributed by atoms with van der Waals surface area (Å²) >= 11 is 0. The zero-order valence-electron chi connectivity index (χ0n) is 21.4. The minimum atomic E-state index is 0.929. The molecule has 0 radical (unpaired) electrons. The van der Waals surface area contributed by atoms with E-state index < -0.39 is 0 Å². The van der Waals surface area contributed by atoms with Crippen LogP contribution < -0.4 is 0 Å². The molecule has 6 nitrogen and oxygen atoms in total. The maximum atomic E-state index is 4.46. The third-order valence-electron chi connectivity index (χ3n) is 5.43. The molecule has 0 amide bonds. The fraction of sp³-hybridized carbons (Fsp3) is 0.0625. The number of pyridine rings is 6. The predicted molar refractivity (Wildman–Crippen MR) is 153 cm³/mol. The lowest BCUT2D eigenvalue weighted by Gasteiger charge is -2.07. The van der Waals surface area contributed by atoms with E-state index >= 15 is 0 Å². The standard InChI is InChI=1S/2C15H11N3.C2H6/c2*1-4-12(10-16-7-1)14-6-3-9-18-15(14)13-5-2-8-17-11-13;1-2/h2*1-11H;1-2H3. The van der Waals surface area contributed by atoms with Gasteiger partial charge in [0.15, 0.2) is 0 Å². The molecule has 0 bridgehead atoms. The maximum absolute atomic E-state index is 4.46. The molecule has 0 aliphatic carbocycles. The Labute approximate surface area is 223 Å². The van der Waals surface area contributed by atoms with Gasteiger partial charge in [0, 0.05) is 95.3 Å². The molecule has 0 aromatic carbocycles. The van der Waals surface area contributed by atoms with Crippen molar-refractivity contribution in [3.8, 4) is 44.8 Å². The lowest BCUT2D eigenvalue weighted by Crippen LogP contribution is -1.89. The fourth-order valence-electron chi connectivity index (χ4n) is 3.79. The molecule has 186 valence electrons. The maximum Gasteiger partial charge on any atom is 0.0796 e. The van der Waals surface area contributed by atoms with E-state index in [1.807, 2.05) is 111 Å². The summed E-state index contributed by atoms with van der Waals surface area (Å²) < 4.78 is 0. The van der Waals surface area contributed by atoms with Crippen molar-refractivity contribution >= 4 is 0 Å². The van der Waals surface area contributed by atoms with Crippen molar-refractivity contribution in [2.75, 3.05) is 0 Å². The average Bonchev–Trinajstić information content (AvgIpc) is 3.04. The molecule has 0 aliphatic heterocycles. The second-order valence-electron chi connectivity index (χ2n) is 7.77. The summed E-state index contributed by atoms with van der Waals surface area (Å²) in [5.41, 5.74) is 8.14. The molecule has 0 aliphatic rings. The summed E-state index contributed by atoms with van der Waals surface area (Å²) in [6, 6.07) is 23.7. The molecule has 0 spiro atoms. The van der Waals surface area contributed by atoms with Gasteiger partial charge in [-0.25, -0.2) is 0 Å². The zero-order valence-corrected chi connectivity index (χ0v) is 21.4. The van der Waals surface area contributed by atoms with Crippen molar-refractivity contribution in [2.45, 2.75) is 13.8 Å². The summed E-state index contributed by atoms with van der Waals surface area (Å²) in [7, 11) is 0. The van der Waals surface area contributed by atoms with Crippen LogP contribution >= 0.6 is 0 Å². The van der Waals surface area contributed by atoms with Gasteiger partial charge in [0.2, 0.25) is 0 Å². The third kappa shape index (κ3) is 6.56. The van der Waals surface area contributed by atoms with Gasteiger partial charge in [-0.05, 0) is 48.5 Å². The van der Waals surface area contributed by atoms with Crippen LogP contribution in [0.4, 0.5) is 0 Å². The highest BCUT2D eigenvalue weighted by atomic mass is 14.7. The van der Waals surface area contributed by atoms with Crippen molar-refractivity contribution in [3.05, 3.63) is 135 Å². The Hall–Kier alpha value is -5.10. The number of hydrogen-bond acceptors (Lipinski definition) is 6. The predicted octanol–water partition coefficient (Wildman–Crippen LogP) is 7.44. The molecule has 6 heterocycles. The highest BCUT2D eigenvalue weighted by Crippen LogP contribution is 2.29. The van der Waals surface area contributed by atoms with Gasteiger partial charge < -0.3 is 0 Å². The highest BCUT2D eigenvalue weighted by Gasteiger charge is 2.09. The Bertz CT molecular complexity index is 1270. The normalized spacial score (nSPS) is 9.84. The summed E-state index contributed by atoms with van der Waals surface area (Å²) in [4.78, 5) is 25.5. The third-order valence-corrected chi connectivity index (χ3v) is 5.43. The largest absolute Gasteiger partial charge is 0.264 e. The molecular formula is C32H28N6. The topological polar surface area (TPSA) is 77.3 Å². The molecule has 0 saturated heterocycles. The van der Waals surface area contributed by atoms with Gasteiger partial charge in [-0.3, -0.25) is 29.9 Å². The van der Waals surface area contributed by atoms with Gasteiger partial charge in [0.25, 0.3) is 0 Å². The molecule has 6 aromatic heterocycles. The van der Waals surface area contributed by atoms with E-state index in [0.717, 1.165) is 44.8 Å². The van der Waals surface area contributed by atoms with Crippen LogP contribution in [0.15, 0.2) is 135 Å². The van der Waals surface area contributed by atoms with E-state index in [1.54, 1.807) is 37.2 Å². The summed E-state index contributed by atoms with van der Waals surface area (Å²) in [6.07, 6.45) is 18.0. The van der Waals surface area contributed by atoms with Crippen molar-refractivity contribution in [2.24, 2.45) is 0 Å². The van der Waals surface area contributed by atoms with Gasteiger partial charge in [-0.2, -0.15) is 0 Å². The van der Waals surface area contributed by atoms with Crippen LogP contribution in [0.5, 0.6) is 0 Å². The molecule has 6 aromatic rings. The second kappa shape index (κ2) is 13.8. The van der Waals surface area contributed by atoms with Crippen molar-refractivity contribution in [1.29, 1.82) is 0 Å². The van der Waals surface area contributed by atoms with E-state index in [0.29, 0.717) is 0 Å². The quantitative estimate of drug-likeness (QED) is 0.252. The van der Waals surface area contributed by atoms with E-state index in [2.05, 4.69) is 29.9 Å².